The standard InChI is InChI=1S/C19H12ClN5O3/c20-14-10-12(25(27)28)6-7-15(14)24-23-11-5-8-18(26)13(9-11)19-21-16-3-1-2-4-17(16)22-19/h1-10,26H,(H,21,22). The number of nitro benzene ring substituents is 1. The highest BCUT2D eigenvalue weighted by atomic mass is 35.5. The van der Waals surface area contributed by atoms with Crippen LogP contribution in [0.3, 0.4) is 0 Å². The van der Waals surface area contributed by atoms with Crippen LogP contribution in [0.5, 0.6) is 5.75 Å². The monoisotopic (exact) mass is 393 g/mol. The number of rotatable bonds is 4. The van der Waals surface area contributed by atoms with Gasteiger partial charge in [-0.1, -0.05) is 23.7 Å². The Morgan fingerprint density at radius 3 is 2.64 bits per heavy atom. The van der Waals surface area contributed by atoms with E-state index in [0.717, 1.165) is 11.0 Å². The molecule has 0 radical (unpaired) electrons. The molecule has 0 unspecified atom stereocenters. The lowest BCUT2D eigenvalue weighted by atomic mass is 10.1. The van der Waals surface area contributed by atoms with Crippen molar-refractivity contribution >= 4 is 39.7 Å². The number of nitro groups is 1. The van der Waals surface area contributed by atoms with Gasteiger partial charge in [0.25, 0.3) is 5.69 Å². The van der Waals surface area contributed by atoms with Crippen molar-refractivity contribution in [2.75, 3.05) is 0 Å². The fraction of sp³-hybridized carbons (Fsp3) is 0. The quantitative estimate of drug-likeness (QED) is 0.254. The molecule has 1 heterocycles. The molecule has 0 spiro atoms. The number of hydrogen-bond acceptors (Lipinski definition) is 6. The lowest BCUT2D eigenvalue weighted by Crippen LogP contribution is -1.86. The van der Waals surface area contributed by atoms with E-state index in [0.29, 0.717) is 22.8 Å². The molecule has 3 aromatic carbocycles. The van der Waals surface area contributed by atoms with Crippen molar-refractivity contribution in [3.05, 3.63) is 75.8 Å². The van der Waals surface area contributed by atoms with Crippen molar-refractivity contribution in [3.8, 4) is 17.1 Å². The van der Waals surface area contributed by atoms with Gasteiger partial charge in [0.05, 0.1) is 32.2 Å². The number of fused-ring (bicyclic) bond motifs is 1. The first kappa shape index (κ1) is 17.6. The fourth-order valence-electron chi connectivity index (χ4n) is 2.66. The molecule has 0 aliphatic rings. The largest absolute Gasteiger partial charge is 0.507 e. The van der Waals surface area contributed by atoms with Crippen LogP contribution in [0, 0.1) is 10.1 Å². The summed E-state index contributed by atoms with van der Waals surface area (Å²) in [6, 6.07) is 16.2. The number of imidazole rings is 1. The number of aromatic nitrogens is 2. The molecule has 4 aromatic rings. The number of aromatic amines is 1. The second-order valence-electron chi connectivity index (χ2n) is 5.90. The normalized spacial score (nSPS) is 11.3. The summed E-state index contributed by atoms with van der Waals surface area (Å²) in [4.78, 5) is 17.9. The van der Waals surface area contributed by atoms with Crippen LogP contribution >= 0.6 is 11.6 Å². The van der Waals surface area contributed by atoms with Gasteiger partial charge in [-0.2, -0.15) is 5.11 Å². The Morgan fingerprint density at radius 1 is 1.07 bits per heavy atom. The Kier molecular flexibility index (Phi) is 4.46. The van der Waals surface area contributed by atoms with Crippen molar-refractivity contribution in [2.45, 2.75) is 0 Å². The molecule has 28 heavy (non-hydrogen) atoms. The molecular weight excluding hydrogens is 382 g/mol. The minimum Gasteiger partial charge on any atom is -0.507 e. The summed E-state index contributed by atoms with van der Waals surface area (Å²) in [6.07, 6.45) is 0. The van der Waals surface area contributed by atoms with E-state index in [9.17, 15) is 15.2 Å². The van der Waals surface area contributed by atoms with Crippen LogP contribution in [0.2, 0.25) is 5.02 Å². The van der Waals surface area contributed by atoms with Gasteiger partial charge >= 0.3 is 0 Å². The molecule has 2 N–H and O–H groups in total. The maximum Gasteiger partial charge on any atom is 0.271 e. The molecular formula is C19H12ClN5O3. The number of halogens is 1. The smallest absolute Gasteiger partial charge is 0.271 e. The first-order chi connectivity index (χ1) is 13.5. The van der Waals surface area contributed by atoms with Gasteiger partial charge in [-0.15, -0.1) is 5.11 Å². The molecule has 0 saturated heterocycles. The lowest BCUT2D eigenvalue weighted by molar-refractivity contribution is -0.384. The predicted octanol–water partition coefficient (Wildman–Crippen LogP) is 5.91. The molecule has 9 heteroatoms. The number of azo groups is 1. The SMILES string of the molecule is O=[N+]([O-])c1ccc(N=Nc2ccc(O)c(-c3nc4ccccc4[nH]3)c2)c(Cl)c1. The van der Waals surface area contributed by atoms with Gasteiger partial charge in [-0.3, -0.25) is 10.1 Å². The highest BCUT2D eigenvalue weighted by molar-refractivity contribution is 6.33. The molecule has 0 amide bonds. The van der Waals surface area contributed by atoms with Crippen molar-refractivity contribution < 1.29 is 10.0 Å². The van der Waals surface area contributed by atoms with Crippen LogP contribution in [0.1, 0.15) is 0 Å². The topological polar surface area (TPSA) is 117 Å². The van der Waals surface area contributed by atoms with Crippen LogP contribution in [0.25, 0.3) is 22.4 Å². The third-order valence-electron chi connectivity index (χ3n) is 4.04. The molecule has 0 atom stereocenters. The number of nitrogens with zero attached hydrogens (tertiary/aromatic N) is 4. The third-order valence-corrected chi connectivity index (χ3v) is 4.34. The van der Waals surface area contributed by atoms with E-state index in [1.165, 1.54) is 24.3 Å². The summed E-state index contributed by atoms with van der Waals surface area (Å²) in [6.45, 7) is 0. The van der Waals surface area contributed by atoms with E-state index < -0.39 is 4.92 Å². The van der Waals surface area contributed by atoms with E-state index in [-0.39, 0.29) is 16.5 Å². The minimum atomic E-state index is -0.535. The van der Waals surface area contributed by atoms with Crippen molar-refractivity contribution in [1.29, 1.82) is 0 Å². The van der Waals surface area contributed by atoms with E-state index >= 15 is 0 Å². The second-order valence-corrected chi connectivity index (χ2v) is 6.30. The molecule has 8 nitrogen and oxygen atoms in total. The average molecular weight is 394 g/mol. The first-order valence-corrected chi connectivity index (χ1v) is 8.53. The molecule has 0 aliphatic carbocycles. The van der Waals surface area contributed by atoms with Crippen molar-refractivity contribution in [2.24, 2.45) is 10.2 Å². The van der Waals surface area contributed by atoms with Crippen LogP contribution in [-0.4, -0.2) is 20.0 Å². The number of benzene rings is 3. The summed E-state index contributed by atoms with van der Waals surface area (Å²) in [5.41, 5.74) is 2.74. The number of phenols is 1. The van der Waals surface area contributed by atoms with Crippen LogP contribution in [0.15, 0.2) is 70.9 Å². The summed E-state index contributed by atoms with van der Waals surface area (Å²) in [7, 11) is 0. The minimum absolute atomic E-state index is 0.0476. The molecule has 0 aliphatic heterocycles. The summed E-state index contributed by atoms with van der Waals surface area (Å²) < 4.78 is 0. The lowest BCUT2D eigenvalue weighted by Gasteiger charge is -2.02. The van der Waals surface area contributed by atoms with E-state index in [4.69, 9.17) is 11.6 Å². The molecule has 0 bridgehead atoms. The van der Waals surface area contributed by atoms with Gasteiger partial charge in [0.15, 0.2) is 0 Å². The molecule has 0 saturated carbocycles. The van der Waals surface area contributed by atoms with E-state index in [2.05, 4.69) is 20.2 Å². The Hall–Kier alpha value is -3.78. The molecule has 138 valence electrons. The number of aromatic hydroxyl groups is 1. The van der Waals surface area contributed by atoms with Gasteiger partial charge in [-0.25, -0.2) is 4.98 Å². The number of non-ortho nitro benzene ring substituents is 1. The zero-order chi connectivity index (χ0) is 19.7. The number of para-hydroxylation sites is 2. The van der Waals surface area contributed by atoms with Gasteiger partial charge in [-0.05, 0) is 36.4 Å². The van der Waals surface area contributed by atoms with Gasteiger partial charge in [0.2, 0.25) is 0 Å². The molecule has 1 aromatic heterocycles. The summed E-state index contributed by atoms with van der Waals surface area (Å²) in [5, 5.41) is 29.3. The van der Waals surface area contributed by atoms with Gasteiger partial charge < -0.3 is 10.1 Å². The first-order valence-electron chi connectivity index (χ1n) is 8.15. The fourth-order valence-corrected chi connectivity index (χ4v) is 2.87. The van der Waals surface area contributed by atoms with Crippen LogP contribution in [0.4, 0.5) is 17.1 Å². The van der Waals surface area contributed by atoms with Crippen molar-refractivity contribution in [1.82, 2.24) is 9.97 Å². The highest BCUT2D eigenvalue weighted by Crippen LogP contribution is 2.34. The second kappa shape index (κ2) is 7.09. The summed E-state index contributed by atoms with van der Waals surface area (Å²) >= 11 is 6.02. The van der Waals surface area contributed by atoms with Gasteiger partial charge in [0, 0.05) is 12.1 Å². The maximum absolute atomic E-state index is 10.8. The molecule has 0 fully saturated rings. The Bertz CT molecular complexity index is 1200. The predicted molar refractivity (Wildman–Crippen MR) is 105 cm³/mol. The summed E-state index contributed by atoms with van der Waals surface area (Å²) in [5.74, 6) is 0.551. The Morgan fingerprint density at radius 2 is 1.89 bits per heavy atom. The Balaban J connectivity index is 1.67. The number of H-pyrrole nitrogens is 1. The van der Waals surface area contributed by atoms with E-state index in [1.54, 1.807) is 12.1 Å². The van der Waals surface area contributed by atoms with Crippen LogP contribution in [-0.2, 0) is 0 Å². The number of hydrogen-bond donors (Lipinski definition) is 2. The average Bonchev–Trinajstić information content (AvgIpc) is 3.12. The highest BCUT2D eigenvalue weighted by Gasteiger charge is 2.11. The molecule has 4 rings (SSSR count). The number of phenolic OH excluding ortho intramolecular Hbond substituents is 1. The zero-order valence-electron chi connectivity index (χ0n) is 14.2. The third kappa shape index (κ3) is 3.40. The maximum atomic E-state index is 10.8. The van der Waals surface area contributed by atoms with Gasteiger partial charge in [0.1, 0.15) is 17.3 Å². The van der Waals surface area contributed by atoms with Crippen molar-refractivity contribution in [3.63, 3.8) is 0 Å². The Labute approximate surface area is 163 Å². The zero-order valence-corrected chi connectivity index (χ0v) is 15.0. The van der Waals surface area contributed by atoms with E-state index in [1.807, 2.05) is 24.3 Å². The van der Waals surface area contributed by atoms with Crippen LogP contribution < -0.4 is 0 Å². The number of nitrogens with one attached hydrogen (secondary N) is 1.